The first-order valence-electron chi connectivity index (χ1n) is 5.99. The van der Waals surface area contributed by atoms with Crippen LogP contribution >= 0.6 is 0 Å². The SMILES string of the molecule is C=Cc1ccc(OS(=O)(=O)O)cc1.O=C(O)c1ccccc1. The molecule has 0 aromatic heterocycles. The van der Waals surface area contributed by atoms with E-state index in [4.69, 9.17) is 9.66 Å². The topological polar surface area (TPSA) is 101 Å². The normalized spacial score (nSPS) is 10.0. The summed E-state index contributed by atoms with van der Waals surface area (Å²) < 4.78 is 33.1. The van der Waals surface area contributed by atoms with E-state index in [0.717, 1.165) is 5.56 Å². The Balaban J connectivity index is 0.000000235. The molecule has 2 N–H and O–H groups in total. The Bertz CT molecular complexity index is 720. The largest absolute Gasteiger partial charge is 0.478 e. The molecule has 2 aromatic rings. The maximum Gasteiger partial charge on any atom is 0.446 e. The van der Waals surface area contributed by atoms with Crippen LogP contribution in [-0.4, -0.2) is 24.0 Å². The van der Waals surface area contributed by atoms with E-state index >= 15 is 0 Å². The number of carboxylic acid groups (broad SMARTS) is 1. The Labute approximate surface area is 128 Å². The highest BCUT2D eigenvalue weighted by atomic mass is 32.3. The molecule has 0 saturated carbocycles. The van der Waals surface area contributed by atoms with Gasteiger partial charge in [-0.1, -0.05) is 43.0 Å². The zero-order chi connectivity index (χ0) is 16.6. The highest BCUT2D eigenvalue weighted by Crippen LogP contribution is 2.14. The summed E-state index contributed by atoms with van der Waals surface area (Å²) in [5.41, 5.74) is 1.17. The third-order valence-electron chi connectivity index (χ3n) is 2.34. The first kappa shape index (κ1) is 17.4. The van der Waals surface area contributed by atoms with Gasteiger partial charge in [-0.15, -0.1) is 0 Å². The molecular formula is C15H14O6S. The van der Waals surface area contributed by atoms with Crippen molar-refractivity contribution >= 4 is 22.4 Å². The smallest absolute Gasteiger partial charge is 0.446 e. The van der Waals surface area contributed by atoms with E-state index in [2.05, 4.69) is 10.8 Å². The average Bonchev–Trinajstić information content (AvgIpc) is 2.48. The second-order valence-corrected chi connectivity index (χ2v) is 4.98. The molecule has 0 atom stereocenters. The molecule has 0 saturated heterocycles. The maximum atomic E-state index is 10.3. The fourth-order valence-electron chi connectivity index (χ4n) is 1.36. The lowest BCUT2D eigenvalue weighted by atomic mass is 10.2. The van der Waals surface area contributed by atoms with Crippen LogP contribution in [0.3, 0.4) is 0 Å². The minimum Gasteiger partial charge on any atom is -0.478 e. The van der Waals surface area contributed by atoms with E-state index in [1.807, 2.05) is 0 Å². The Kier molecular flexibility index (Phi) is 6.30. The molecule has 7 heteroatoms. The van der Waals surface area contributed by atoms with Crippen molar-refractivity contribution in [2.45, 2.75) is 0 Å². The molecule has 0 fully saturated rings. The summed E-state index contributed by atoms with van der Waals surface area (Å²) in [4.78, 5) is 10.2. The van der Waals surface area contributed by atoms with Crippen LogP contribution in [0, 0.1) is 0 Å². The summed E-state index contributed by atoms with van der Waals surface area (Å²) in [6.07, 6.45) is 1.61. The molecule has 0 radical (unpaired) electrons. The Morgan fingerprint density at radius 1 is 1.05 bits per heavy atom. The van der Waals surface area contributed by atoms with Crippen molar-refractivity contribution in [3.63, 3.8) is 0 Å². The van der Waals surface area contributed by atoms with E-state index in [1.54, 1.807) is 48.5 Å². The Hall–Kier alpha value is -2.64. The number of hydrogen-bond donors (Lipinski definition) is 2. The predicted molar refractivity (Wildman–Crippen MR) is 82.1 cm³/mol. The standard InChI is InChI=1S/C8H8O4S.C7H6O2/c1-2-7-3-5-8(6-4-7)12-13(9,10)11;8-7(9)6-4-2-1-3-5-6/h2-6H,1H2,(H,9,10,11);1-5H,(H,8,9). The van der Waals surface area contributed by atoms with Gasteiger partial charge >= 0.3 is 16.4 Å². The van der Waals surface area contributed by atoms with Gasteiger partial charge in [-0.25, -0.2) is 4.79 Å². The summed E-state index contributed by atoms with van der Waals surface area (Å²) in [6, 6.07) is 14.4. The monoisotopic (exact) mass is 322 g/mol. The van der Waals surface area contributed by atoms with Crippen LogP contribution in [0.15, 0.2) is 61.2 Å². The third-order valence-corrected chi connectivity index (χ3v) is 2.74. The molecule has 6 nitrogen and oxygen atoms in total. The van der Waals surface area contributed by atoms with Gasteiger partial charge in [0, 0.05) is 0 Å². The van der Waals surface area contributed by atoms with Gasteiger partial charge in [-0.3, -0.25) is 4.55 Å². The molecule has 0 bridgehead atoms. The second-order valence-electron chi connectivity index (χ2n) is 3.96. The molecule has 2 rings (SSSR count). The lowest BCUT2D eigenvalue weighted by Gasteiger charge is -2.00. The minimum atomic E-state index is -4.42. The van der Waals surface area contributed by atoms with E-state index in [1.165, 1.54) is 12.1 Å². The van der Waals surface area contributed by atoms with Crippen LogP contribution in [0.5, 0.6) is 5.75 Å². The number of aromatic carboxylic acids is 1. The summed E-state index contributed by atoms with van der Waals surface area (Å²) in [5.74, 6) is -0.816. The van der Waals surface area contributed by atoms with E-state index < -0.39 is 16.4 Å². The van der Waals surface area contributed by atoms with E-state index in [0.29, 0.717) is 5.56 Å². The number of carboxylic acids is 1. The maximum absolute atomic E-state index is 10.3. The molecule has 2 aromatic carbocycles. The van der Waals surface area contributed by atoms with Crippen LogP contribution in [0.2, 0.25) is 0 Å². The lowest BCUT2D eigenvalue weighted by Crippen LogP contribution is -2.06. The summed E-state index contributed by atoms with van der Waals surface area (Å²) in [5, 5.41) is 8.38. The quantitative estimate of drug-likeness (QED) is 0.839. The van der Waals surface area contributed by atoms with Gasteiger partial charge < -0.3 is 9.29 Å². The van der Waals surface area contributed by atoms with Crippen molar-refractivity contribution in [2.24, 2.45) is 0 Å². The van der Waals surface area contributed by atoms with E-state index in [9.17, 15) is 13.2 Å². The zero-order valence-electron chi connectivity index (χ0n) is 11.4. The van der Waals surface area contributed by atoms with Crippen LogP contribution in [0.4, 0.5) is 0 Å². The predicted octanol–water partition coefficient (Wildman–Crippen LogP) is 2.90. The van der Waals surface area contributed by atoms with Crippen molar-refractivity contribution < 1.29 is 27.1 Å². The van der Waals surface area contributed by atoms with Crippen molar-refractivity contribution in [1.82, 2.24) is 0 Å². The fourth-order valence-corrected chi connectivity index (χ4v) is 1.72. The van der Waals surface area contributed by atoms with Crippen LogP contribution < -0.4 is 4.18 Å². The summed E-state index contributed by atoms with van der Waals surface area (Å²) in [6.45, 7) is 3.53. The Morgan fingerprint density at radius 3 is 1.95 bits per heavy atom. The van der Waals surface area contributed by atoms with Gasteiger partial charge in [-0.05, 0) is 29.8 Å². The molecule has 0 aliphatic carbocycles. The summed E-state index contributed by atoms with van der Waals surface area (Å²) >= 11 is 0. The van der Waals surface area contributed by atoms with Gasteiger partial charge in [0.25, 0.3) is 0 Å². The zero-order valence-corrected chi connectivity index (χ0v) is 12.2. The van der Waals surface area contributed by atoms with Crippen LogP contribution in [0.1, 0.15) is 15.9 Å². The van der Waals surface area contributed by atoms with Crippen LogP contribution in [-0.2, 0) is 10.4 Å². The molecular weight excluding hydrogens is 308 g/mol. The fraction of sp³-hybridized carbons (Fsp3) is 0. The van der Waals surface area contributed by atoms with Crippen molar-refractivity contribution in [1.29, 1.82) is 0 Å². The number of benzene rings is 2. The average molecular weight is 322 g/mol. The van der Waals surface area contributed by atoms with Crippen molar-refractivity contribution in [3.8, 4) is 5.75 Å². The van der Waals surface area contributed by atoms with Crippen molar-refractivity contribution in [2.75, 3.05) is 0 Å². The third kappa shape index (κ3) is 6.69. The molecule has 0 amide bonds. The molecule has 116 valence electrons. The first-order chi connectivity index (χ1) is 10.3. The van der Waals surface area contributed by atoms with Gasteiger partial charge in [0.15, 0.2) is 0 Å². The Morgan fingerprint density at radius 2 is 1.59 bits per heavy atom. The van der Waals surface area contributed by atoms with Gasteiger partial charge in [0.1, 0.15) is 5.75 Å². The molecule has 0 unspecified atom stereocenters. The van der Waals surface area contributed by atoms with Gasteiger partial charge in [0.2, 0.25) is 0 Å². The minimum absolute atomic E-state index is 0.0631. The van der Waals surface area contributed by atoms with Crippen molar-refractivity contribution in [3.05, 3.63) is 72.3 Å². The second kappa shape index (κ2) is 7.96. The highest BCUT2D eigenvalue weighted by molar-refractivity contribution is 7.81. The number of carbonyl (C=O) groups is 1. The first-order valence-corrected chi connectivity index (χ1v) is 7.36. The number of rotatable bonds is 4. The summed E-state index contributed by atoms with van der Waals surface area (Å²) in [7, 11) is -4.42. The molecule has 22 heavy (non-hydrogen) atoms. The number of hydrogen-bond acceptors (Lipinski definition) is 4. The van der Waals surface area contributed by atoms with Gasteiger partial charge in [-0.2, -0.15) is 8.42 Å². The molecule has 0 heterocycles. The van der Waals surface area contributed by atoms with E-state index in [-0.39, 0.29) is 5.75 Å². The van der Waals surface area contributed by atoms with Gasteiger partial charge in [0.05, 0.1) is 5.56 Å². The molecule has 0 spiro atoms. The lowest BCUT2D eigenvalue weighted by molar-refractivity contribution is 0.0697. The highest BCUT2D eigenvalue weighted by Gasteiger charge is 2.05. The van der Waals surface area contributed by atoms with Crippen LogP contribution in [0.25, 0.3) is 6.08 Å². The molecule has 0 aliphatic heterocycles. The molecule has 0 aliphatic rings.